The highest BCUT2D eigenvalue weighted by atomic mass is 28.3. The van der Waals surface area contributed by atoms with Crippen molar-refractivity contribution >= 4 is 19.2 Å². The van der Waals surface area contributed by atoms with E-state index in [-0.39, 0.29) is 5.60 Å². The van der Waals surface area contributed by atoms with E-state index in [1.165, 1.54) is 11.8 Å². The van der Waals surface area contributed by atoms with Gasteiger partial charge in [0, 0.05) is 13.5 Å². The molecule has 4 nitrogen and oxygen atoms in total. The molecule has 0 spiro atoms. The van der Waals surface area contributed by atoms with Crippen molar-refractivity contribution in [1.29, 1.82) is 0 Å². The van der Waals surface area contributed by atoms with Crippen molar-refractivity contribution in [1.82, 2.24) is 0 Å². The fraction of sp³-hybridized carbons (Fsp3) is 0.474. The summed E-state index contributed by atoms with van der Waals surface area (Å²) in [5, 5.41) is 1.29. The molecule has 0 aliphatic heterocycles. The second kappa shape index (κ2) is 9.16. The van der Waals surface area contributed by atoms with E-state index in [0.717, 1.165) is 12.1 Å². The van der Waals surface area contributed by atoms with Gasteiger partial charge in [-0.1, -0.05) is 49.0 Å². The Kier molecular flexibility index (Phi) is 7.86. The zero-order chi connectivity index (χ0) is 18.2. The molecule has 1 aromatic carbocycles. The summed E-state index contributed by atoms with van der Waals surface area (Å²) < 4.78 is 5.25. The van der Waals surface area contributed by atoms with Crippen molar-refractivity contribution in [2.75, 3.05) is 7.11 Å². The molecule has 1 rings (SSSR count). The van der Waals surface area contributed by atoms with Gasteiger partial charge in [-0.25, -0.2) is 4.79 Å². The van der Waals surface area contributed by atoms with Gasteiger partial charge >= 0.3 is 5.97 Å². The van der Waals surface area contributed by atoms with Crippen LogP contribution in [0, 0.1) is 6.61 Å². The molecule has 0 aromatic heterocycles. The first-order chi connectivity index (χ1) is 11.3. The quantitative estimate of drug-likeness (QED) is 0.275. The minimum Gasteiger partial charge on any atom is -0.379 e. The Hall–Kier alpha value is -1.43. The van der Waals surface area contributed by atoms with Crippen LogP contribution in [0.15, 0.2) is 36.5 Å². The van der Waals surface area contributed by atoms with Crippen LogP contribution >= 0.6 is 0 Å². The number of benzene rings is 1. The summed E-state index contributed by atoms with van der Waals surface area (Å²) in [5.74, 6) is -0.508. The first kappa shape index (κ1) is 20.6. The van der Waals surface area contributed by atoms with Gasteiger partial charge in [0.05, 0.1) is 11.2 Å². The lowest BCUT2D eigenvalue weighted by Gasteiger charge is -2.25. The van der Waals surface area contributed by atoms with Crippen LogP contribution in [0.3, 0.4) is 0 Å². The van der Waals surface area contributed by atoms with Crippen LogP contribution in [0.4, 0.5) is 0 Å². The summed E-state index contributed by atoms with van der Waals surface area (Å²) in [7, 11) is -0.0216. The van der Waals surface area contributed by atoms with Crippen LogP contribution in [0.1, 0.15) is 44.5 Å². The van der Waals surface area contributed by atoms with Crippen LogP contribution in [0.5, 0.6) is 0 Å². The zero-order valence-electron chi connectivity index (χ0n) is 15.4. The summed E-state index contributed by atoms with van der Waals surface area (Å²) in [4.78, 5) is 21.7. The van der Waals surface area contributed by atoms with E-state index in [2.05, 4.69) is 26.1 Å². The lowest BCUT2D eigenvalue weighted by Crippen LogP contribution is -2.44. The minimum atomic E-state index is -1.65. The van der Waals surface area contributed by atoms with Gasteiger partial charge in [0.2, 0.25) is 0 Å². The van der Waals surface area contributed by atoms with Crippen molar-refractivity contribution in [2.24, 2.45) is 0 Å². The second-order valence-electron chi connectivity index (χ2n) is 6.45. The van der Waals surface area contributed by atoms with Crippen LogP contribution in [0.2, 0.25) is 12.1 Å². The van der Waals surface area contributed by atoms with Crippen molar-refractivity contribution < 1.29 is 19.3 Å². The summed E-state index contributed by atoms with van der Waals surface area (Å²) >= 11 is 0. The molecule has 0 saturated heterocycles. The van der Waals surface area contributed by atoms with E-state index in [0.29, 0.717) is 12.0 Å². The summed E-state index contributed by atoms with van der Waals surface area (Å²) in [5.41, 5.74) is 2.24. The Morgan fingerprint density at radius 3 is 2.25 bits per heavy atom. The molecule has 0 heterocycles. The van der Waals surface area contributed by atoms with E-state index < -0.39 is 14.0 Å². The van der Waals surface area contributed by atoms with Gasteiger partial charge in [-0.2, -0.15) is 4.89 Å². The highest BCUT2D eigenvalue weighted by Crippen LogP contribution is 2.18. The molecule has 0 bridgehead atoms. The lowest BCUT2D eigenvalue weighted by atomic mass is 10.1. The Bertz CT molecular complexity index is 533. The predicted octanol–water partition coefficient (Wildman–Crippen LogP) is 4.17. The fourth-order valence-corrected chi connectivity index (χ4v) is 5.41. The molecule has 1 radical (unpaired) electrons. The van der Waals surface area contributed by atoms with Crippen molar-refractivity contribution in [3.8, 4) is 0 Å². The van der Waals surface area contributed by atoms with E-state index in [9.17, 15) is 4.79 Å². The molecule has 0 unspecified atom stereocenters. The molecule has 0 atom stereocenters. The van der Waals surface area contributed by atoms with Gasteiger partial charge in [-0.3, -0.25) is 4.89 Å². The first-order valence-electron chi connectivity index (χ1n) is 8.32. The maximum atomic E-state index is 12.0. The summed E-state index contributed by atoms with van der Waals surface area (Å²) in [6, 6.07) is 9.80. The highest BCUT2D eigenvalue weighted by molar-refractivity contribution is 6.95. The third-order valence-corrected chi connectivity index (χ3v) is 9.46. The molecule has 24 heavy (non-hydrogen) atoms. The zero-order valence-corrected chi connectivity index (χ0v) is 16.4. The van der Waals surface area contributed by atoms with E-state index in [1.54, 1.807) is 19.2 Å². The van der Waals surface area contributed by atoms with Crippen molar-refractivity contribution in [3.63, 3.8) is 0 Å². The Balaban J connectivity index is 2.63. The number of methoxy groups -OCH3 is 1. The lowest BCUT2D eigenvalue weighted by molar-refractivity contribution is -0.218. The van der Waals surface area contributed by atoms with Gasteiger partial charge in [-0.15, -0.1) is 6.58 Å². The Morgan fingerprint density at radius 1 is 1.21 bits per heavy atom. The molecule has 133 valence electrons. The van der Waals surface area contributed by atoms with Crippen LogP contribution in [0.25, 0.3) is 0 Å². The van der Waals surface area contributed by atoms with Crippen molar-refractivity contribution in [2.45, 2.75) is 51.8 Å². The molecule has 0 aliphatic carbocycles. The second-order valence-corrected chi connectivity index (χ2v) is 11.2. The number of carbonyl (C=O) groups excluding carboxylic acids is 1. The van der Waals surface area contributed by atoms with E-state index >= 15 is 0 Å². The van der Waals surface area contributed by atoms with Crippen LogP contribution in [-0.2, 0) is 14.5 Å². The summed E-state index contributed by atoms with van der Waals surface area (Å²) in [6.07, 6.45) is 0.510. The van der Waals surface area contributed by atoms with Crippen LogP contribution in [-0.4, -0.2) is 26.8 Å². The van der Waals surface area contributed by atoms with E-state index in [4.69, 9.17) is 14.5 Å². The molecule has 1 aromatic rings. The van der Waals surface area contributed by atoms with Gasteiger partial charge in [0.25, 0.3) is 0 Å². The monoisotopic (exact) mass is 349 g/mol. The normalized spacial score (nSPS) is 12.0. The third-order valence-electron chi connectivity index (χ3n) is 4.67. The number of rotatable bonds is 10. The third kappa shape index (κ3) is 5.29. The van der Waals surface area contributed by atoms with Gasteiger partial charge in [-0.05, 0) is 26.0 Å². The summed E-state index contributed by atoms with van der Waals surface area (Å²) in [6.45, 7) is 13.7. The standard InChI is InChI=1S/C19H29O4Si/c1-7-24(8-2,9-3)17-12-10-16(11-13-17)18(20)23-22-15-14-19(4,5)21-6/h7,10-13,15H,1,8-9,14H2,2-6H3. The SMILES string of the molecule is C=C[Si](CC)(CC)c1ccc(C(=O)OO[CH]CC(C)(C)OC)cc1. The predicted molar refractivity (Wildman–Crippen MR) is 99.5 cm³/mol. The molecule has 0 aliphatic rings. The van der Waals surface area contributed by atoms with Gasteiger partial charge in [0.1, 0.15) is 14.7 Å². The molecular formula is C19H29O4Si. The topological polar surface area (TPSA) is 44.8 Å². The molecule has 0 N–H and O–H groups in total. The average Bonchev–Trinajstić information content (AvgIpc) is 2.61. The minimum absolute atomic E-state index is 0.354. The Morgan fingerprint density at radius 2 is 1.79 bits per heavy atom. The van der Waals surface area contributed by atoms with Crippen molar-refractivity contribution in [3.05, 3.63) is 48.7 Å². The smallest absolute Gasteiger partial charge is 0.373 e. The maximum absolute atomic E-state index is 12.0. The van der Waals surface area contributed by atoms with Gasteiger partial charge < -0.3 is 4.74 Å². The average molecular weight is 350 g/mol. The number of hydrogen-bond acceptors (Lipinski definition) is 4. The fourth-order valence-electron chi connectivity index (χ4n) is 2.45. The highest BCUT2D eigenvalue weighted by Gasteiger charge is 2.27. The molecule has 0 amide bonds. The number of hydrogen-bond donors (Lipinski definition) is 0. The molecule has 0 fully saturated rings. The Labute approximate surface area is 146 Å². The van der Waals surface area contributed by atoms with Gasteiger partial charge in [0.15, 0.2) is 0 Å². The maximum Gasteiger partial charge on any atom is 0.373 e. The molecule has 0 saturated carbocycles. The number of ether oxygens (including phenoxy) is 1. The largest absolute Gasteiger partial charge is 0.379 e. The van der Waals surface area contributed by atoms with Crippen LogP contribution < -0.4 is 5.19 Å². The molecular weight excluding hydrogens is 320 g/mol. The van der Waals surface area contributed by atoms with E-state index in [1.807, 2.05) is 26.0 Å². The first-order valence-corrected chi connectivity index (χ1v) is 10.8. The number of carbonyl (C=O) groups is 1. The molecule has 5 heteroatoms.